The van der Waals surface area contributed by atoms with Crippen LogP contribution in [-0.2, 0) is 0 Å². The van der Waals surface area contributed by atoms with Crippen molar-refractivity contribution in [3.63, 3.8) is 0 Å². The highest BCUT2D eigenvalue weighted by Gasteiger charge is 2.30. The number of ether oxygens (including phenoxy) is 1. The van der Waals surface area contributed by atoms with Crippen molar-refractivity contribution in [3.05, 3.63) is 23.9 Å². The highest BCUT2D eigenvalue weighted by Crippen LogP contribution is 2.27. The van der Waals surface area contributed by atoms with Crippen molar-refractivity contribution in [3.8, 4) is 11.9 Å². The van der Waals surface area contributed by atoms with Crippen LogP contribution in [0.5, 0.6) is 5.88 Å². The number of hydrogen-bond acceptors (Lipinski definition) is 4. The van der Waals surface area contributed by atoms with Crippen LogP contribution in [-0.4, -0.2) is 17.1 Å². The summed E-state index contributed by atoms with van der Waals surface area (Å²) >= 11 is 0. The van der Waals surface area contributed by atoms with Crippen LogP contribution in [0.2, 0.25) is 0 Å². The maximum Gasteiger partial charge on any atom is 0.214 e. The van der Waals surface area contributed by atoms with E-state index in [1.54, 1.807) is 18.3 Å². The zero-order valence-corrected chi connectivity index (χ0v) is 9.15. The highest BCUT2D eigenvalue weighted by atomic mass is 16.5. The predicted octanol–water partition coefficient (Wildman–Crippen LogP) is 1.60. The summed E-state index contributed by atoms with van der Waals surface area (Å²) in [6.45, 7) is 0.481. The molecule has 0 amide bonds. The minimum Gasteiger partial charge on any atom is -0.476 e. The molecule has 16 heavy (non-hydrogen) atoms. The lowest BCUT2D eigenvalue weighted by Crippen LogP contribution is -2.42. The Labute approximate surface area is 95.0 Å². The number of aromatic nitrogens is 1. The normalized spacial score (nSPS) is 18.0. The van der Waals surface area contributed by atoms with E-state index in [9.17, 15) is 0 Å². The zero-order chi connectivity index (χ0) is 11.4. The quantitative estimate of drug-likeness (QED) is 0.834. The van der Waals surface area contributed by atoms with Crippen LogP contribution in [0.3, 0.4) is 0 Å². The standard InChI is InChI=1S/C12H15N3O/c13-8-10-3-6-15-11(7-10)16-9-12(14)4-1-2-5-12/h3,6-7H,1-2,4-5,9,14H2. The smallest absolute Gasteiger partial charge is 0.214 e. The molecule has 1 aromatic rings. The number of nitrogens with zero attached hydrogens (tertiary/aromatic N) is 2. The SMILES string of the molecule is N#Cc1ccnc(OCC2(N)CCCC2)c1. The lowest BCUT2D eigenvalue weighted by atomic mass is 10.0. The van der Waals surface area contributed by atoms with Gasteiger partial charge in [-0.1, -0.05) is 12.8 Å². The Bertz CT molecular complexity index is 405. The molecule has 84 valence electrons. The molecule has 0 atom stereocenters. The van der Waals surface area contributed by atoms with Crippen LogP contribution in [0.4, 0.5) is 0 Å². The second kappa shape index (κ2) is 4.50. The minimum absolute atomic E-state index is 0.204. The molecule has 1 saturated carbocycles. The lowest BCUT2D eigenvalue weighted by molar-refractivity contribution is 0.213. The van der Waals surface area contributed by atoms with Gasteiger partial charge < -0.3 is 10.5 Å². The van der Waals surface area contributed by atoms with Gasteiger partial charge in [0.15, 0.2) is 0 Å². The number of nitriles is 1. The molecule has 1 heterocycles. The first-order valence-corrected chi connectivity index (χ1v) is 5.50. The Morgan fingerprint density at radius 3 is 2.94 bits per heavy atom. The van der Waals surface area contributed by atoms with Gasteiger partial charge in [-0.3, -0.25) is 0 Å². The van der Waals surface area contributed by atoms with E-state index in [0.717, 1.165) is 12.8 Å². The van der Waals surface area contributed by atoms with Gasteiger partial charge >= 0.3 is 0 Å². The summed E-state index contributed by atoms with van der Waals surface area (Å²) in [7, 11) is 0. The monoisotopic (exact) mass is 217 g/mol. The summed E-state index contributed by atoms with van der Waals surface area (Å²) in [6, 6.07) is 5.34. The predicted molar refractivity (Wildman–Crippen MR) is 59.8 cm³/mol. The lowest BCUT2D eigenvalue weighted by Gasteiger charge is -2.23. The maximum absolute atomic E-state index is 8.73. The fourth-order valence-corrected chi connectivity index (χ4v) is 2.00. The van der Waals surface area contributed by atoms with Crippen LogP contribution in [0.25, 0.3) is 0 Å². The molecule has 0 bridgehead atoms. The third kappa shape index (κ3) is 2.50. The van der Waals surface area contributed by atoms with Gasteiger partial charge in [0.25, 0.3) is 0 Å². The molecule has 2 N–H and O–H groups in total. The molecule has 0 spiro atoms. The van der Waals surface area contributed by atoms with Crippen molar-refractivity contribution >= 4 is 0 Å². The molecular weight excluding hydrogens is 202 g/mol. The summed E-state index contributed by atoms with van der Waals surface area (Å²) in [4.78, 5) is 4.05. The Kier molecular flexibility index (Phi) is 3.07. The van der Waals surface area contributed by atoms with Crippen LogP contribution in [0.1, 0.15) is 31.2 Å². The Morgan fingerprint density at radius 2 is 2.25 bits per heavy atom. The van der Waals surface area contributed by atoms with E-state index >= 15 is 0 Å². The number of hydrogen-bond donors (Lipinski definition) is 1. The van der Waals surface area contributed by atoms with Crippen molar-refractivity contribution in [2.75, 3.05) is 6.61 Å². The fraction of sp³-hybridized carbons (Fsp3) is 0.500. The van der Waals surface area contributed by atoms with Crippen molar-refractivity contribution in [2.45, 2.75) is 31.2 Å². The number of nitrogens with two attached hydrogens (primary N) is 1. The Morgan fingerprint density at radius 1 is 1.50 bits per heavy atom. The van der Waals surface area contributed by atoms with Gasteiger partial charge in [-0.2, -0.15) is 5.26 Å². The Balaban J connectivity index is 1.96. The van der Waals surface area contributed by atoms with Crippen LogP contribution < -0.4 is 10.5 Å². The molecule has 1 aromatic heterocycles. The van der Waals surface area contributed by atoms with E-state index in [1.807, 2.05) is 0 Å². The summed E-state index contributed by atoms with van der Waals surface area (Å²) < 4.78 is 5.55. The third-order valence-corrected chi connectivity index (χ3v) is 2.97. The average Bonchev–Trinajstić information content (AvgIpc) is 2.75. The number of rotatable bonds is 3. The van der Waals surface area contributed by atoms with Crippen molar-refractivity contribution in [2.24, 2.45) is 5.73 Å². The van der Waals surface area contributed by atoms with Gasteiger partial charge in [-0.25, -0.2) is 4.98 Å². The van der Waals surface area contributed by atoms with Crippen LogP contribution in [0, 0.1) is 11.3 Å². The first-order chi connectivity index (χ1) is 7.72. The molecule has 0 unspecified atom stereocenters. The molecule has 0 radical (unpaired) electrons. The summed E-state index contributed by atoms with van der Waals surface area (Å²) in [5.74, 6) is 0.482. The number of pyridine rings is 1. The molecule has 1 aliphatic rings. The molecule has 0 aliphatic heterocycles. The van der Waals surface area contributed by atoms with E-state index < -0.39 is 0 Å². The largest absolute Gasteiger partial charge is 0.476 e. The van der Waals surface area contributed by atoms with Crippen LogP contribution >= 0.6 is 0 Å². The second-order valence-corrected chi connectivity index (χ2v) is 4.35. The maximum atomic E-state index is 8.73. The summed E-state index contributed by atoms with van der Waals surface area (Å²) in [5, 5.41) is 8.73. The molecule has 2 rings (SSSR count). The van der Waals surface area contributed by atoms with Crippen molar-refractivity contribution in [1.82, 2.24) is 4.98 Å². The van der Waals surface area contributed by atoms with Gasteiger partial charge in [0.1, 0.15) is 6.61 Å². The van der Waals surface area contributed by atoms with Gasteiger partial charge in [0.2, 0.25) is 5.88 Å². The molecule has 4 heteroatoms. The second-order valence-electron chi connectivity index (χ2n) is 4.35. The molecule has 1 fully saturated rings. The van der Waals surface area contributed by atoms with Crippen molar-refractivity contribution in [1.29, 1.82) is 5.26 Å². The highest BCUT2D eigenvalue weighted by molar-refractivity contribution is 5.31. The first-order valence-electron chi connectivity index (χ1n) is 5.50. The van der Waals surface area contributed by atoms with E-state index in [1.165, 1.54) is 12.8 Å². The van der Waals surface area contributed by atoms with Gasteiger partial charge in [0, 0.05) is 12.3 Å². The molecule has 1 aliphatic carbocycles. The Hall–Kier alpha value is -1.60. The van der Waals surface area contributed by atoms with E-state index in [0.29, 0.717) is 18.1 Å². The zero-order valence-electron chi connectivity index (χ0n) is 9.15. The fourth-order valence-electron chi connectivity index (χ4n) is 2.00. The minimum atomic E-state index is -0.204. The first kappa shape index (κ1) is 10.9. The summed E-state index contributed by atoms with van der Waals surface area (Å²) in [5.41, 5.74) is 6.51. The summed E-state index contributed by atoms with van der Waals surface area (Å²) in [6.07, 6.45) is 5.93. The molecule has 0 saturated heterocycles. The van der Waals surface area contributed by atoms with Gasteiger partial charge in [-0.15, -0.1) is 0 Å². The average molecular weight is 217 g/mol. The van der Waals surface area contributed by atoms with Gasteiger partial charge in [0.05, 0.1) is 17.2 Å². The van der Waals surface area contributed by atoms with E-state index in [2.05, 4.69) is 11.1 Å². The van der Waals surface area contributed by atoms with E-state index in [4.69, 9.17) is 15.7 Å². The topological polar surface area (TPSA) is 71.9 Å². The molecule has 0 aromatic carbocycles. The molecule has 4 nitrogen and oxygen atoms in total. The van der Waals surface area contributed by atoms with Crippen molar-refractivity contribution < 1.29 is 4.74 Å². The van der Waals surface area contributed by atoms with Gasteiger partial charge in [-0.05, 0) is 18.9 Å². The third-order valence-electron chi connectivity index (χ3n) is 2.97. The molecular formula is C12H15N3O. The van der Waals surface area contributed by atoms with Crippen LogP contribution in [0.15, 0.2) is 18.3 Å². The van der Waals surface area contributed by atoms with E-state index in [-0.39, 0.29) is 5.54 Å².